The van der Waals surface area contributed by atoms with Gasteiger partial charge in [-0.1, -0.05) is 54.9 Å². The number of fused-ring (bicyclic) bond motifs is 1. The number of rotatable bonds is 6. The molecule has 0 amide bonds. The van der Waals surface area contributed by atoms with E-state index >= 15 is 0 Å². The summed E-state index contributed by atoms with van der Waals surface area (Å²) < 4.78 is 1.58. The maximum Gasteiger partial charge on any atom is 0.259 e. The van der Waals surface area contributed by atoms with E-state index in [1.807, 2.05) is 55.6 Å². The molecule has 0 saturated carbocycles. The molecule has 0 aliphatic rings. The third-order valence-corrected chi connectivity index (χ3v) is 6.12. The number of benzene rings is 2. The molecule has 2 aromatic carbocycles. The normalized spacial score (nSPS) is 11.1. The second kappa shape index (κ2) is 9.08. The Kier molecular flexibility index (Phi) is 6.25. The van der Waals surface area contributed by atoms with Crippen LogP contribution in [0, 0.1) is 0 Å². The topological polar surface area (TPSA) is 52.0 Å². The lowest BCUT2D eigenvalue weighted by Gasteiger charge is -2.19. The minimum absolute atomic E-state index is 0.0912. The van der Waals surface area contributed by atoms with Crippen molar-refractivity contribution in [2.75, 3.05) is 6.26 Å². The summed E-state index contributed by atoms with van der Waals surface area (Å²) in [5.41, 5.74) is 2.66. The fraction of sp³-hybridized carbons (Fsp3) is 0.160. The highest BCUT2D eigenvalue weighted by atomic mass is 35.5. The number of pyridine rings is 2. The average molecular weight is 449 g/mol. The molecule has 0 saturated heterocycles. The van der Waals surface area contributed by atoms with Crippen molar-refractivity contribution < 1.29 is 4.79 Å². The summed E-state index contributed by atoms with van der Waals surface area (Å²) in [4.78, 5) is 31.1. The summed E-state index contributed by atoms with van der Waals surface area (Å²) in [6.45, 7) is 2.07. The SMILES string of the molecule is CCC(=O)c1c(-c2ccccc2)c2cc(Cl)ccc2c(=O)n1Cc1ccc(SC)nc1. The number of carbonyl (C=O) groups excluding carboxylic acids is 1. The quantitative estimate of drug-likeness (QED) is 0.265. The molecule has 156 valence electrons. The Morgan fingerprint density at radius 2 is 1.84 bits per heavy atom. The van der Waals surface area contributed by atoms with Crippen molar-refractivity contribution in [1.29, 1.82) is 0 Å². The number of ketones is 1. The van der Waals surface area contributed by atoms with Crippen LogP contribution in [0.1, 0.15) is 29.4 Å². The molecule has 6 heteroatoms. The number of hydrogen-bond donors (Lipinski definition) is 0. The number of hydrogen-bond acceptors (Lipinski definition) is 4. The predicted octanol–water partition coefficient (Wildman–Crippen LogP) is 6.08. The number of halogens is 1. The van der Waals surface area contributed by atoms with Gasteiger partial charge in [-0.15, -0.1) is 11.8 Å². The van der Waals surface area contributed by atoms with E-state index in [4.69, 9.17) is 11.6 Å². The summed E-state index contributed by atoms with van der Waals surface area (Å²) in [5, 5.41) is 2.64. The Balaban J connectivity index is 2.07. The molecule has 0 radical (unpaired) electrons. The molecule has 4 aromatic rings. The molecule has 0 aliphatic carbocycles. The highest BCUT2D eigenvalue weighted by molar-refractivity contribution is 7.98. The van der Waals surface area contributed by atoms with E-state index in [2.05, 4.69) is 4.98 Å². The average Bonchev–Trinajstić information content (AvgIpc) is 2.81. The highest BCUT2D eigenvalue weighted by Crippen LogP contribution is 2.33. The van der Waals surface area contributed by atoms with E-state index in [0.717, 1.165) is 21.7 Å². The molecule has 31 heavy (non-hydrogen) atoms. The van der Waals surface area contributed by atoms with Crippen molar-refractivity contribution in [1.82, 2.24) is 9.55 Å². The van der Waals surface area contributed by atoms with Gasteiger partial charge in [0.1, 0.15) is 0 Å². The molecule has 0 aliphatic heterocycles. The van der Waals surface area contributed by atoms with Crippen molar-refractivity contribution in [3.8, 4) is 11.1 Å². The van der Waals surface area contributed by atoms with Gasteiger partial charge in [-0.05, 0) is 47.0 Å². The van der Waals surface area contributed by atoms with E-state index in [1.165, 1.54) is 0 Å². The summed E-state index contributed by atoms with van der Waals surface area (Å²) in [7, 11) is 0. The summed E-state index contributed by atoms with van der Waals surface area (Å²) in [5.74, 6) is -0.0912. The number of aromatic nitrogens is 2. The first-order chi connectivity index (χ1) is 15.0. The number of thioether (sulfide) groups is 1. The van der Waals surface area contributed by atoms with Gasteiger partial charge >= 0.3 is 0 Å². The highest BCUT2D eigenvalue weighted by Gasteiger charge is 2.22. The molecule has 2 heterocycles. The van der Waals surface area contributed by atoms with Crippen molar-refractivity contribution in [3.05, 3.63) is 93.5 Å². The summed E-state index contributed by atoms with van der Waals surface area (Å²) in [6, 6.07) is 18.8. The van der Waals surface area contributed by atoms with Crippen LogP contribution in [0.2, 0.25) is 5.02 Å². The molecular formula is C25H21ClN2O2S. The third-order valence-electron chi connectivity index (χ3n) is 5.23. The molecule has 2 aromatic heterocycles. The summed E-state index contributed by atoms with van der Waals surface area (Å²) >= 11 is 7.85. The molecule has 0 bridgehead atoms. The van der Waals surface area contributed by atoms with E-state index in [9.17, 15) is 9.59 Å². The van der Waals surface area contributed by atoms with Gasteiger partial charge in [0.05, 0.1) is 17.3 Å². The lowest BCUT2D eigenvalue weighted by molar-refractivity contribution is 0.0979. The van der Waals surface area contributed by atoms with Crippen LogP contribution in [0.25, 0.3) is 21.9 Å². The van der Waals surface area contributed by atoms with Gasteiger partial charge < -0.3 is 0 Å². The van der Waals surface area contributed by atoms with Crippen molar-refractivity contribution in [3.63, 3.8) is 0 Å². The van der Waals surface area contributed by atoms with E-state index in [1.54, 1.807) is 40.7 Å². The minimum Gasteiger partial charge on any atom is -0.300 e. The first kappa shape index (κ1) is 21.3. The Hall–Kier alpha value is -2.89. The van der Waals surface area contributed by atoms with Crippen LogP contribution in [-0.4, -0.2) is 21.6 Å². The van der Waals surface area contributed by atoms with Gasteiger partial charge in [0.25, 0.3) is 5.56 Å². The van der Waals surface area contributed by atoms with Gasteiger partial charge in [0, 0.05) is 28.6 Å². The van der Waals surface area contributed by atoms with Gasteiger partial charge in [-0.25, -0.2) is 4.98 Å². The smallest absolute Gasteiger partial charge is 0.259 e. The molecule has 0 fully saturated rings. The molecule has 4 nitrogen and oxygen atoms in total. The number of nitrogens with zero attached hydrogens (tertiary/aromatic N) is 2. The fourth-order valence-corrected chi connectivity index (χ4v) is 4.27. The second-order valence-corrected chi connectivity index (χ2v) is 8.42. The Morgan fingerprint density at radius 1 is 1.06 bits per heavy atom. The molecular weight excluding hydrogens is 428 g/mol. The predicted molar refractivity (Wildman–Crippen MR) is 128 cm³/mol. The van der Waals surface area contributed by atoms with Crippen molar-refractivity contribution >= 4 is 39.9 Å². The third kappa shape index (κ3) is 4.16. The first-order valence-corrected chi connectivity index (χ1v) is 11.6. The standard InChI is InChI=1S/C25H21ClN2O2S/c1-3-21(29)24-23(17-7-5-4-6-8-17)20-13-18(26)10-11-19(20)25(30)28(24)15-16-9-12-22(31-2)27-14-16/h4-14H,3,15H2,1-2H3. The number of carbonyl (C=O) groups is 1. The van der Waals surface area contributed by atoms with Crippen LogP contribution >= 0.6 is 23.4 Å². The molecule has 0 N–H and O–H groups in total. The van der Waals surface area contributed by atoms with Gasteiger partial charge in [-0.3, -0.25) is 14.2 Å². The zero-order valence-electron chi connectivity index (χ0n) is 17.3. The zero-order valence-corrected chi connectivity index (χ0v) is 18.8. The zero-order chi connectivity index (χ0) is 22.0. The summed E-state index contributed by atoms with van der Waals surface area (Å²) in [6.07, 6.45) is 4.01. The Bertz CT molecular complexity index is 1320. The molecule has 0 spiro atoms. The van der Waals surface area contributed by atoms with E-state index in [-0.39, 0.29) is 24.3 Å². The fourth-order valence-electron chi connectivity index (χ4n) is 3.73. The van der Waals surface area contributed by atoms with Crippen LogP contribution < -0.4 is 5.56 Å². The minimum atomic E-state index is -0.211. The Morgan fingerprint density at radius 3 is 2.48 bits per heavy atom. The molecule has 0 unspecified atom stereocenters. The van der Waals surface area contributed by atoms with Crippen LogP contribution in [0.15, 0.2) is 76.7 Å². The van der Waals surface area contributed by atoms with Crippen LogP contribution in [0.5, 0.6) is 0 Å². The largest absolute Gasteiger partial charge is 0.300 e. The van der Waals surface area contributed by atoms with Crippen molar-refractivity contribution in [2.45, 2.75) is 24.9 Å². The lowest BCUT2D eigenvalue weighted by Crippen LogP contribution is -2.28. The van der Waals surface area contributed by atoms with Crippen LogP contribution in [0.4, 0.5) is 0 Å². The van der Waals surface area contributed by atoms with Crippen molar-refractivity contribution in [2.24, 2.45) is 0 Å². The monoisotopic (exact) mass is 448 g/mol. The lowest BCUT2D eigenvalue weighted by atomic mass is 9.94. The van der Waals surface area contributed by atoms with Gasteiger partial charge in [0.2, 0.25) is 0 Å². The Labute approximate surface area is 189 Å². The van der Waals surface area contributed by atoms with Crippen LogP contribution in [0.3, 0.4) is 0 Å². The molecule has 4 rings (SSSR count). The first-order valence-electron chi connectivity index (χ1n) is 9.97. The maximum atomic E-state index is 13.5. The van der Waals surface area contributed by atoms with E-state index in [0.29, 0.717) is 21.5 Å². The second-order valence-electron chi connectivity index (χ2n) is 7.16. The maximum absolute atomic E-state index is 13.5. The van der Waals surface area contributed by atoms with Gasteiger partial charge in [-0.2, -0.15) is 0 Å². The molecule has 0 atom stereocenters. The number of Topliss-reactive ketones (excluding diaryl/α,β-unsaturated/α-hetero) is 1. The van der Waals surface area contributed by atoms with Gasteiger partial charge in [0.15, 0.2) is 5.78 Å². The van der Waals surface area contributed by atoms with E-state index < -0.39 is 0 Å². The van der Waals surface area contributed by atoms with Crippen LogP contribution in [-0.2, 0) is 6.54 Å².